The molecular weight excluding hydrogens is 453 g/mol. The van der Waals surface area contributed by atoms with Gasteiger partial charge in [0.25, 0.3) is 10.0 Å². The van der Waals surface area contributed by atoms with E-state index in [4.69, 9.17) is 0 Å². The zero-order chi connectivity index (χ0) is 24.1. The maximum Gasteiger partial charge on any atom is 0.264 e. The van der Waals surface area contributed by atoms with Crippen molar-refractivity contribution < 1.29 is 17.6 Å². The molecule has 0 spiro atoms. The molecule has 1 heterocycles. The molecule has 3 aromatic carbocycles. The van der Waals surface area contributed by atoms with Gasteiger partial charge in [0.1, 0.15) is 12.4 Å². The number of benzene rings is 3. The molecule has 0 saturated carbocycles. The Balaban J connectivity index is 1.48. The summed E-state index contributed by atoms with van der Waals surface area (Å²) >= 11 is 0. The van der Waals surface area contributed by atoms with Crippen LogP contribution in [-0.2, 0) is 21.4 Å². The maximum atomic E-state index is 13.4. The molecule has 0 unspecified atom stereocenters. The first kappa shape index (κ1) is 23.8. The molecule has 0 radical (unpaired) electrons. The lowest BCUT2D eigenvalue weighted by atomic mass is 10.2. The van der Waals surface area contributed by atoms with Crippen molar-refractivity contribution in [3.05, 3.63) is 89.7 Å². The molecule has 0 aromatic heterocycles. The van der Waals surface area contributed by atoms with Gasteiger partial charge in [-0.05, 0) is 73.9 Å². The quantitative estimate of drug-likeness (QED) is 0.522. The van der Waals surface area contributed by atoms with E-state index in [9.17, 15) is 17.6 Å². The molecule has 1 amide bonds. The summed E-state index contributed by atoms with van der Waals surface area (Å²) in [5.74, 6) is -0.968. The van der Waals surface area contributed by atoms with Crippen molar-refractivity contribution >= 4 is 27.3 Å². The van der Waals surface area contributed by atoms with Crippen LogP contribution in [-0.4, -0.2) is 34.0 Å². The van der Waals surface area contributed by atoms with Gasteiger partial charge in [-0.2, -0.15) is 0 Å². The number of nitrogens with zero attached hydrogens (tertiary/aromatic N) is 2. The molecule has 0 atom stereocenters. The van der Waals surface area contributed by atoms with Crippen LogP contribution in [0.3, 0.4) is 0 Å². The van der Waals surface area contributed by atoms with Crippen molar-refractivity contribution in [2.24, 2.45) is 0 Å². The van der Waals surface area contributed by atoms with E-state index < -0.39 is 28.3 Å². The third-order valence-corrected chi connectivity index (χ3v) is 7.70. The van der Waals surface area contributed by atoms with E-state index >= 15 is 0 Å². The number of carbonyl (C=O) groups excluding carboxylic acids is 1. The number of hydrogen-bond donors (Lipinski definition) is 1. The van der Waals surface area contributed by atoms with Gasteiger partial charge in [-0.25, -0.2) is 12.8 Å². The molecule has 6 nitrogen and oxygen atoms in total. The van der Waals surface area contributed by atoms with Gasteiger partial charge in [0, 0.05) is 25.3 Å². The minimum absolute atomic E-state index is 0.0835. The fourth-order valence-electron chi connectivity index (χ4n) is 3.95. The Kier molecular flexibility index (Phi) is 7.17. The first-order chi connectivity index (χ1) is 16.3. The smallest absolute Gasteiger partial charge is 0.264 e. The number of hydrogen-bond acceptors (Lipinski definition) is 4. The van der Waals surface area contributed by atoms with Gasteiger partial charge < -0.3 is 10.2 Å². The number of sulfonamides is 1. The lowest BCUT2D eigenvalue weighted by Crippen LogP contribution is -2.40. The molecule has 34 heavy (non-hydrogen) atoms. The average molecular weight is 482 g/mol. The van der Waals surface area contributed by atoms with E-state index in [0.29, 0.717) is 5.69 Å². The number of aryl methyl sites for hydroxylation is 1. The van der Waals surface area contributed by atoms with E-state index in [1.54, 1.807) is 24.3 Å². The summed E-state index contributed by atoms with van der Waals surface area (Å²) in [7, 11) is -4.08. The van der Waals surface area contributed by atoms with Gasteiger partial charge in [0.2, 0.25) is 5.91 Å². The number of carbonyl (C=O) groups is 1. The monoisotopic (exact) mass is 481 g/mol. The Hall–Kier alpha value is -3.39. The molecule has 8 heteroatoms. The summed E-state index contributed by atoms with van der Waals surface area (Å²) in [6.45, 7) is 3.91. The average Bonchev–Trinajstić information content (AvgIpc) is 3.37. The van der Waals surface area contributed by atoms with Gasteiger partial charge in [0.05, 0.1) is 10.6 Å². The molecular formula is C26H28FN3O3S. The van der Waals surface area contributed by atoms with Gasteiger partial charge in [-0.1, -0.05) is 29.8 Å². The zero-order valence-corrected chi connectivity index (χ0v) is 19.9. The van der Waals surface area contributed by atoms with E-state index in [2.05, 4.69) is 10.2 Å². The van der Waals surface area contributed by atoms with Crippen LogP contribution in [0.4, 0.5) is 15.8 Å². The molecule has 4 rings (SSSR count). The van der Waals surface area contributed by atoms with Crippen LogP contribution < -0.4 is 14.5 Å². The Morgan fingerprint density at radius 3 is 2.18 bits per heavy atom. The summed E-state index contributed by atoms with van der Waals surface area (Å²) in [4.78, 5) is 15.0. The highest BCUT2D eigenvalue weighted by Crippen LogP contribution is 2.24. The number of amides is 1. The first-order valence-corrected chi connectivity index (χ1v) is 12.7. The van der Waals surface area contributed by atoms with E-state index in [1.165, 1.54) is 30.7 Å². The highest BCUT2D eigenvalue weighted by Gasteiger charge is 2.27. The largest absolute Gasteiger partial charge is 0.372 e. The summed E-state index contributed by atoms with van der Waals surface area (Å²) in [5, 5.41) is 2.81. The van der Waals surface area contributed by atoms with Gasteiger partial charge in [0.15, 0.2) is 0 Å². The Bertz CT molecular complexity index is 1220. The molecule has 3 aromatic rings. The van der Waals surface area contributed by atoms with Crippen molar-refractivity contribution in [2.75, 3.05) is 28.8 Å². The molecule has 0 aliphatic carbocycles. The molecule has 1 saturated heterocycles. The highest BCUT2D eigenvalue weighted by molar-refractivity contribution is 7.92. The normalized spacial score (nSPS) is 13.6. The Labute approximate surface area is 200 Å². The summed E-state index contributed by atoms with van der Waals surface area (Å²) in [6, 6.07) is 19.5. The predicted molar refractivity (Wildman–Crippen MR) is 132 cm³/mol. The summed E-state index contributed by atoms with van der Waals surface area (Å²) < 4.78 is 41.0. The van der Waals surface area contributed by atoms with Crippen molar-refractivity contribution in [2.45, 2.75) is 31.2 Å². The Morgan fingerprint density at radius 1 is 0.941 bits per heavy atom. The van der Waals surface area contributed by atoms with Crippen LogP contribution in [0.5, 0.6) is 0 Å². The van der Waals surface area contributed by atoms with Crippen molar-refractivity contribution in [1.82, 2.24) is 5.32 Å². The van der Waals surface area contributed by atoms with Crippen LogP contribution in [0.2, 0.25) is 0 Å². The minimum Gasteiger partial charge on any atom is -0.372 e. The highest BCUT2D eigenvalue weighted by atomic mass is 32.2. The van der Waals surface area contributed by atoms with Gasteiger partial charge in [-0.15, -0.1) is 0 Å². The second-order valence-corrected chi connectivity index (χ2v) is 10.3. The molecule has 1 N–H and O–H groups in total. The van der Waals surface area contributed by atoms with Crippen LogP contribution in [0.15, 0.2) is 77.7 Å². The van der Waals surface area contributed by atoms with Gasteiger partial charge in [-0.3, -0.25) is 9.10 Å². The SMILES string of the molecule is Cc1ccc(N(CC(=O)NCc2ccc(N3CCCC3)cc2)S(=O)(=O)c2ccc(F)cc2)cc1. The lowest BCUT2D eigenvalue weighted by molar-refractivity contribution is -0.119. The number of anilines is 2. The topological polar surface area (TPSA) is 69.7 Å². The van der Waals surface area contributed by atoms with E-state index in [-0.39, 0.29) is 11.4 Å². The summed E-state index contributed by atoms with van der Waals surface area (Å²) in [6.07, 6.45) is 2.41. The van der Waals surface area contributed by atoms with Crippen molar-refractivity contribution in [3.8, 4) is 0 Å². The molecule has 1 aliphatic heterocycles. The minimum atomic E-state index is -4.08. The number of nitrogens with one attached hydrogen (secondary N) is 1. The standard InChI is InChI=1S/C26H28FN3O3S/c1-20-4-10-24(11-5-20)30(34(32,33)25-14-8-22(27)9-15-25)19-26(31)28-18-21-6-12-23(13-7-21)29-16-2-3-17-29/h4-15H,2-3,16-19H2,1H3,(H,28,31). The Morgan fingerprint density at radius 2 is 1.56 bits per heavy atom. The van der Waals surface area contributed by atoms with E-state index in [1.807, 2.05) is 31.2 Å². The van der Waals surface area contributed by atoms with Crippen LogP contribution >= 0.6 is 0 Å². The van der Waals surface area contributed by atoms with Crippen LogP contribution in [0.25, 0.3) is 0 Å². The molecule has 1 aliphatic rings. The number of rotatable bonds is 8. The van der Waals surface area contributed by atoms with Crippen LogP contribution in [0, 0.1) is 12.7 Å². The molecule has 1 fully saturated rings. The van der Waals surface area contributed by atoms with Gasteiger partial charge >= 0.3 is 0 Å². The maximum absolute atomic E-state index is 13.4. The fraction of sp³-hybridized carbons (Fsp3) is 0.269. The van der Waals surface area contributed by atoms with E-state index in [0.717, 1.165) is 40.7 Å². The predicted octanol–water partition coefficient (Wildman–Crippen LogP) is 4.25. The zero-order valence-electron chi connectivity index (χ0n) is 19.1. The molecule has 178 valence electrons. The third kappa shape index (κ3) is 5.56. The first-order valence-electron chi connectivity index (χ1n) is 11.3. The lowest BCUT2D eigenvalue weighted by Gasteiger charge is -2.24. The third-order valence-electron chi connectivity index (χ3n) is 5.91. The fourth-order valence-corrected chi connectivity index (χ4v) is 5.37. The van der Waals surface area contributed by atoms with Crippen molar-refractivity contribution in [1.29, 1.82) is 0 Å². The van der Waals surface area contributed by atoms with Crippen molar-refractivity contribution in [3.63, 3.8) is 0 Å². The second kappa shape index (κ2) is 10.3. The molecule has 0 bridgehead atoms. The summed E-state index contributed by atoms with van der Waals surface area (Å²) in [5.41, 5.74) is 3.42. The second-order valence-electron chi connectivity index (χ2n) is 8.44. The number of halogens is 1. The van der Waals surface area contributed by atoms with Crippen LogP contribution in [0.1, 0.15) is 24.0 Å².